The van der Waals surface area contributed by atoms with Crippen molar-refractivity contribution >= 4 is 11.6 Å². The van der Waals surface area contributed by atoms with Crippen LogP contribution in [0.25, 0.3) is 0 Å². The molecule has 1 atom stereocenters. The summed E-state index contributed by atoms with van der Waals surface area (Å²) in [6, 6.07) is 9.91. The van der Waals surface area contributed by atoms with Gasteiger partial charge in [-0.1, -0.05) is 18.2 Å². The van der Waals surface area contributed by atoms with Gasteiger partial charge in [-0.25, -0.2) is 0 Å². The molecule has 0 saturated heterocycles. The third kappa shape index (κ3) is 5.13. The molecule has 0 amide bonds. The van der Waals surface area contributed by atoms with Crippen molar-refractivity contribution in [1.29, 1.82) is 0 Å². The Balaban J connectivity index is 2.05. The summed E-state index contributed by atoms with van der Waals surface area (Å²) in [5.41, 5.74) is 0. The Morgan fingerprint density at radius 1 is 1.21 bits per heavy atom. The van der Waals surface area contributed by atoms with E-state index in [1.165, 1.54) is 0 Å². The van der Waals surface area contributed by atoms with E-state index < -0.39 is 0 Å². The highest BCUT2D eigenvalue weighted by Gasteiger charge is 1.96. The van der Waals surface area contributed by atoms with Crippen molar-refractivity contribution in [2.24, 2.45) is 0 Å². The summed E-state index contributed by atoms with van der Waals surface area (Å²) in [7, 11) is 0. The molecule has 1 aromatic rings. The first-order valence-electron chi connectivity index (χ1n) is 5.11. The van der Waals surface area contributed by atoms with Crippen LogP contribution in [0.1, 0.15) is 26.2 Å². The molecule has 1 rings (SSSR count). The Hall–Kier alpha value is -0.690. The number of hydrogen-bond acceptors (Lipinski definition) is 1. The van der Waals surface area contributed by atoms with Gasteiger partial charge in [0.15, 0.2) is 0 Å². The van der Waals surface area contributed by atoms with Gasteiger partial charge in [-0.2, -0.15) is 0 Å². The molecule has 0 saturated carbocycles. The van der Waals surface area contributed by atoms with Crippen molar-refractivity contribution in [2.75, 3.05) is 6.61 Å². The molecule has 0 spiro atoms. The molecule has 2 heteroatoms. The highest BCUT2D eigenvalue weighted by atomic mass is 35.5. The van der Waals surface area contributed by atoms with E-state index in [0.29, 0.717) is 0 Å². The number of para-hydroxylation sites is 1. The van der Waals surface area contributed by atoms with Crippen molar-refractivity contribution in [2.45, 2.75) is 31.6 Å². The maximum atomic E-state index is 5.83. The minimum Gasteiger partial charge on any atom is -0.494 e. The maximum absolute atomic E-state index is 5.83. The lowest BCUT2D eigenvalue weighted by molar-refractivity contribution is 0.305. The minimum absolute atomic E-state index is 0.284. The number of ether oxygens (including phenoxy) is 1. The first kappa shape index (κ1) is 11.4. The van der Waals surface area contributed by atoms with Crippen LogP contribution >= 0.6 is 11.6 Å². The van der Waals surface area contributed by atoms with Crippen LogP contribution in [-0.2, 0) is 0 Å². The number of halogens is 1. The largest absolute Gasteiger partial charge is 0.494 e. The molecule has 0 aliphatic heterocycles. The average Bonchev–Trinajstić information content (AvgIpc) is 2.18. The standard InChI is InChI=1S/C12H17ClO/c1-11(13)7-5-6-10-14-12-8-3-2-4-9-12/h2-4,8-9,11H,5-7,10H2,1H3. The topological polar surface area (TPSA) is 9.23 Å². The minimum atomic E-state index is 0.284. The van der Waals surface area contributed by atoms with Gasteiger partial charge in [0.05, 0.1) is 6.61 Å². The molecular formula is C12H17ClO. The van der Waals surface area contributed by atoms with Gasteiger partial charge in [-0.05, 0) is 38.3 Å². The third-order valence-electron chi connectivity index (χ3n) is 2.01. The summed E-state index contributed by atoms with van der Waals surface area (Å²) < 4.78 is 5.54. The Kier molecular flexibility index (Phi) is 5.46. The molecule has 0 aliphatic rings. The molecule has 14 heavy (non-hydrogen) atoms. The van der Waals surface area contributed by atoms with E-state index in [0.717, 1.165) is 31.6 Å². The van der Waals surface area contributed by atoms with Crippen LogP contribution in [0.2, 0.25) is 0 Å². The van der Waals surface area contributed by atoms with Gasteiger partial charge in [0.2, 0.25) is 0 Å². The van der Waals surface area contributed by atoms with Gasteiger partial charge in [0, 0.05) is 5.38 Å². The van der Waals surface area contributed by atoms with Crippen LogP contribution < -0.4 is 4.74 Å². The van der Waals surface area contributed by atoms with Gasteiger partial charge in [-0.15, -0.1) is 11.6 Å². The zero-order chi connectivity index (χ0) is 10.2. The third-order valence-corrected chi connectivity index (χ3v) is 2.23. The van der Waals surface area contributed by atoms with Gasteiger partial charge in [0.25, 0.3) is 0 Å². The summed E-state index contributed by atoms with van der Waals surface area (Å²) in [6.07, 6.45) is 3.28. The van der Waals surface area contributed by atoms with Crippen molar-refractivity contribution in [3.8, 4) is 5.75 Å². The van der Waals surface area contributed by atoms with Crippen LogP contribution in [-0.4, -0.2) is 12.0 Å². The summed E-state index contributed by atoms with van der Waals surface area (Å²) in [5.74, 6) is 0.950. The second-order valence-corrected chi connectivity index (χ2v) is 4.18. The smallest absolute Gasteiger partial charge is 0.119 e. The van der Waals surface area contributed by atoms with Crippen molar-refractivity contribution < 1.29 is 4.74 Å². The maximum Gasteiger partial charge on any atom is 0.119 e. The molecule has 0 aliphatic carbocycles. The van der Waals surface area contributed by atoms with E-state index in [9.17, 15) is 0 Å². The van der Waals surface area contributed by atoms with Crippen LogP contribution in [0.3, 0.4) is 0 Å². The molecule has 0 heterocycles. The predicted molar refractivity (Wildman–Crippen MR) is 61.1 cm³/mol. The van der Waals surface area contributed by atoms with Crippen molar-refractivity contribution in [3.05, 3.63) is 30.3 Å². The van der Waals surface area contributed by atoms with Crippen LogP contribution in [0.5, 0.6) is 5.75 Å². The summed E-state index contributed by atoms with van der Waals surface area (Å²) in [6.45, 7) is 2.81. The van der Waals surface area contributed by atoms with E-state index in [4.69, 9.17) is 16.3 Å². The molecule has 0 aromatic heterocycles. The molecule has 0 fully saturated rings. The summed E-state index contributed by atoms with van der Waals surface area (Å²) in [5, 5.41) is 0.284. The lowest BCUT2D eigenvalue weighted by Crippen LogP contribution is -1.98. The molecule has 0 radical (unpaired) electrons. The number of alkyl halides is 1. The molecule has 0 bridgehead atoms. The second kappa shape index (κ2) is 6.72. The lowest BCUT2D eigenvalue weighted by atomic mass is 10.2. The summed E-state index contributed by atoms with van der Waals surface area (Å²) >= 11 is 5.83. The van der Waals surface area contributed by atoms with E-state index in [1.807, 2.05) is 37.3 Å². The highest BCUT2D eigenvalue weighted by Crippen LogP contribution is 2.10. The van der Waals surface area contributed by atoms with E-state index in [1.54, 1.807) is 0 Å². The molecule has 1 aromatic carbocycles. The first-order valence-corrected chi connectivity index (χ1v) is 5.54. The fraction of sp³-hybridized carbons (Fsp3) is 0.500. The van der Waals surface area contributed by atoms with Crippen LogP contribution in [0.15, 0.2) is 30.3 Å². The zero-order valence-electron chi connectivity index (χ0n) is 8.58. The fourth-order valence-electron chi connectivity index (χ4n) is 1.23. The SMILES string of the molecule is CC(Cl)CCCCOc1ccccc1. The van der Waals surface area contributed by atoms with Crippen molar-refractivity contribution in [1.82, 2.24) is 0 Å². The molecule has 78 valence electrons. The average molecular weight is 213 g/mol. The molecule has 1 unspecified atom stereocenters. The number of rotatable bonds is 6. The first-order chi connectivity index (χ1) is 6.79. The van der Waals surface area contributed by atoms with Crippen molar-refractivity contribution in [3.63, 3.8) is 0 Å². The Morgan fingerprint density at radius 2 is 1.93 bits per heavy atom. The quantitative estimate of drug-likeness (QED) is 0.514. The highest BCUT2D eigenvalue weighted by molar-refractivity contribution is 6.20. The predicted octanol–water partition coefficient (Wildman–Crippen LogP) is 3.86. The van der Waals surface area contributed by atoms with Gasteiger partial charge >= 0.3 is 0 Å². The zero-order valence-corrected chi connectivity index (χ0v) is 9.33. The van der Waals surface area contributed by atoms with E-state index >= 15 is 0 Å². The Bertz CT molecular complexity index is 233. The van der Waals surface area contributed by atoms with Gasteiger partial charge in [-0.3, -0.25) is 0 Å². The lowest BCUT2D eigenvalue weighted by Gasteiger charge is -2.06. The Labute approximate surface area is 91.0 Å². The number of unbranched alkanes of at least 4 members (excludes halogenated alkanes) is 1. The molecule has 1 nitrogen and oxygen atoms in total. The Morgan fingerprint density at radius 3 is 2.57 bits per heavy atom. The molecule has 0 N–H and O–H groups in total. The summed E-state index contributed by atoms with van der Waals surface area (Å²) in [4.78, 5) is 0. The van der Waals surface area contributed by atoms with Gasteiger partial charge < -0.3 is 4.74 Å². The monoisotopic (exact) mass is 212 g/mol. The van der Waals surface area contributed by atoms with Gasteiger partial charge in [0.1, 0.15) is 5.75 Å². The fourth-order valence-corrected chi connectivity index (χ4v) is 1.39. The number of hydrogen-bond donors (Lipinski definition) is 0. The normalized spacial score (nSPS) is 12.4. The van der Waals surface area contributed by atoms with E-state index in [-0.39, 0.29) is 5.38 Å². The second-order valence-electron chi connectivity index (χ2n) is 3.44. The van der Waals surface area contributed by atoms with E-state index in [2.05, 4.69) is 0 Å². The van der Waals surface area contributed by atoms with Crippen LogP contribution in [0.4, 0.5) is 0 Å². The van der Waals surface area contributed by atoms with Crippen LogP contribution in [0, 0.1) is 0 Å². The number of benzene rings is 1. The molecular weight excluding hydrogens is 196 g/mol.